The van der Waals surface area contributed by atoms with E-state index in [0.717, 1.165) is 6.07 Å². The van der Waals surface area contributed by atoms with Gasteiger partial charge in [0.25, 0.3) is 0 Å². The van der Waals surface area contributed by atoms with Gasteiger partial charge < -0.3 is 4.74 Å². The third kappa shape index (κ3) is 3.26. The van der Waals surface area contributed by atoms with Gasteiger partial charge in [-0.15, -0.1) is 11.6 Å². The minimum absolute atomic E-state index is 0.0730. The maximum atomic E-state index is 14.2. The fraction of sp³-hybridized carbons (Fsp3) is 0.500. The molecule has 0 aliphatic carbocycles. The molecule has 1 aliphatic rings. The summed E-state index contributed by atoms with van der Waals surface area (Å²) in [4.78, 5) is -0.428. The lowest BCUT2D eigenvalue weighted by molar-refractivity contribution is 0.148. The molecule has 0 spiro atoms. The molecular formula is C12H14Cl2FNO3S. The highest BCUT2D eigenvalue weighted by Crippen LogP contribution is 2.27. The highest BCUT2D eigenvalue weighted by Gasteiger charge is 2.29. The van der Waals surface area contributed by atoms with Gasteiger partial charge in [-0.05, 0) is 18.6 Å². The van der Waals surface area contributed by atoms with Crippen LogP contribution in [0.2, 0.25) is 5.02 Å². The Kier molecular flexibility index (Phi) is 5.25. The Labute approximate surface area is 127 Å². The SMILES string of the molecule is O=S(=O)(c1cc(Cl)cc(CCl)c1F)N1CCCOCC1. The number of sulfonamides is 1. The summed E-state index contributed by atoms with van der Waals surface area (Å²) in [5.74, 6) is -0.979. The van der Waals surface area contributed by atoms with Gasteiger partial charge in [-0.2, -0.15) is 4.31 Å². The fourth-order valence-corrected chi connectivity index (χ4v) is 4.10. The van der Waals surface area contributed by atoms with E-state index in [1.54, 1.807) is 0 Å². The summed E-state index contributed by atoms with van der Waals surface area (Å²) >= 11 is 11.5. The number of alkyl halides is 1. The normalized spacial score (nSPS) is 17.9. The molecule has 0 radical (unpaired) electrons. The minimum Gasteiger partial charge on any atom is -0.380 e. The molecule has 1 fully saturated rings. The van der Waals surface area contributed by atoms with Gasteiger partial charge in [0, 0.05) is 30.3 Å². The van der Waals surface area contributed by atoms with Gasteiger partial charge in [-0.3, -0.25) is 0 Å². The third-order valence-electron chi connectivity index (χ3n) is 3.02. The summed E-state index contributed by atoms with van der Waals surface area (Å²) in [5, 5.41) is 0.145. The number of benzene rings is 1. The van der Waals surface area contributed by atoms with E-state index in [1.165, 1.54) is 10.4 Å². The minimum atomic E-state index is -3.94. The molecule has 8 heteroatoms. The van der Waals surface area contributed by atoms with E-state index in [2.05, 4.69) is 0 Å². The molecule has 20 heavy (non-hydrogen) atoms. The van der Waals surface area contributed by atoms with Crippen molar-refractivity contribution < 1.29 is 17.5 Å². The molecule has 112 valence electrons. The van der Waals surface area contributed by atoms with E-state index < -0.39 is 20.7 Å². The molecule has 1 aromatic rings. The first kappa shape index (κ1) is 16.0. The zero-order valence-electron chi connectivity index (χ0n) is 10.6. The average Bonchev–Trinajstić information content (AvgIpc) is 2.70. The Morgan fingerprint density at radius 1 is 1.30 bits per heavy atom. The molecule has 1 aliphatic heterocycles. The Hall–Kier alpha value is -0.400. The molecule has 4 nitrogen and oxygen atoms in total. The van der Waals surface area contributed by atoms with Crippen LogP contribution in [0, 0.1) is 5.82 Å². The van der Waals surface area contributed by atoms with Crippen molar-refractivity contribution in [2.45, 2.75) is 17.2 Å². The summed E-state index contributed by atoms with van der Waals surface area (Å²) in [7, 11) is -3.94. The number of hydrogen-bond acceptors (Lipinski definition) is 3. The Bertz CT molecular complexity index is 587. The summed E-state index contributed by atoms with van der Waals surface area (Å²) in [5.41, 5.74) is 0.0730. The monoisotopic (exact) mass is 341 g/mol. The average molecular weight is 342 g/mol. The van der Waals surface area contributed by atoms with Gasteiger partial charge in [0.2, 0.25) is 10.0 Å². The van der Waals surface area contributed by atoms with Crippen LogP contribution in [-0.4, -0.2) is 39.0 Å². The van der Waals surface area contributed by atoms with E-state index in [4.69, 9.17) is 27.9 Å². The second-order valence-corrected chi connectivity index (χ2v) is 6.99. The quantitative estimate of drug-likeness (QED) is 0.794. The van der Waals surface area contributed by atoms with Crippen molar-refractivity contribution in [1.29, 1.82) is 0 Å². The number of rotatable bonds is 3. The Morgan fingerprint density at radius 3 is 2.75 bits per heavy atom. The second-order valence-electron chi connectivity index (χ2n) is 4.38. The van der Waals surface area contributed by atoms with Gasteiger partial charge in [0.1, 0.15) is 10.7 Å². The molecule has 0 unspecified atom stereocenters. The largest absolute Gasteiger partial charge is 0.380 e. The van der Waals surface area contributed by atoms with E-state index in [9.17, 15) is 12.8 Å². The van der Waals surface area contributed by atoms with Gasteiger partial charge in [0.15, 0.2) is 0 Å². The van der Waals surface area contributed by atoms with E-state index in [0.29, 0.717) is 26.2 Å². The molecule has 1 aromatic carbocycles. The van der Waals surface area contributed by atoms with Crippen molar-refractivity contribution in [3.05, 3.63) is 28.5 Å². The summed E-state index contributed by atoms with van der Waals surface area (Å²) in [6.45, 7) is 1.29. The van der Waals surface area contributed by atoms with Crippen LogP contribution in [0.3, 0.4) is 0 Å². The number of nitrogens with zero attached hydrogens (tertiary/aromatic N) is 1. The Morgan fingerprint density at radius 2 is 2.05 bits per heavy atom. The summed E-state index contributed by atoms with van der Waals surface area (Å²) < 4.78 is 45.7. The summed E-state index contributed by atoms with van der Waals surface area (Å²) in [6.07, 6.45) is 0.573. The van der Waals surface area contributed by atoms with Gasteiger partial charge in [-0.1, -0.05) is 11.6 Å². The van der Waals surface area contributed by atoms with Crippen LogP contribution < -0.4 is 0 Å². The molecule has 0 saturated carbocycles. The molecule has 1 saturated heterocycles. The number of hydrogen-bond donors (Lipinski definition) is 0. The zero-order chi connectivity index (χ0) is 14.8. The molecule has 0 aromatic heterocycles. The standard InChI is InChI=1S/C12H14Cl2FNO3S/c13-8-9-6-10(14)7-11(12(9)15)20(17,18)16-2-1-4-19-5-3-16/h6-7H,1-5,8H2. The van der Waals surface area contributed by atoms with Gasteiger partial charge in [-0.25, -0.2) is 12.8 Å². The molecular weight excluding hydrogens is 328 g/mol. The summed E-state index contributed by atoms with van der Waals surface area (Å²) in [6, 6.07) is 2.45. The van der Waals surface area contributed by atoms with Crippen molar-refractivity contribution in [2.24, 2.45) is 0 Å². The second kappa shape index (κ2) is 6.58. The molecule has 0 amide bonds. The lowest BCUT2D eigenvalue weighted by Gasteiger charge is -2.20. The van der Waals surface area contributed by atoms with E-state index in [1.807, 2.05) is 0 Å². The van der Waals surface area contributed by atoms with Crippen LogP contribution in [0.25, 0.3) is 0 Å². The van der Waals surface area contributed by atoms with Gasteiger partial charge in [0.05, 0.1) is 12.5 Å². The fourth-order valence-electron chi connectivity index (χ4n) is 2.01. The van der Waals surface area contributed by atoms with Crippen molar-refractivity contribution in [2.75, 3.05) is 26.3 Å². The first-order chi connectivity index (χ1) is 9.46. The molecule has 2 rings (SSSR count). The van der Waals surface area contributed by atoms with Crippen molar-refractivity contribution in [1.82, 2.24) is 4.31 Å². The van der Waals surface area contributed by atoms with E-state index in [-0.39, 0.29) is 23.0 Å². The molecule has 0 bridgehead atoms. The van der Waals surface area contributed by atoms with Gasteiger partial charge >= 0.3 is 0 Å². The van der Waals surface area contributed by atoms with Crippen LogP contribution in [0.4, 0.5) is 4.39 Å². The molecule has 0 atom stereocenters. The Balaban J connectivity index is 2.45. The van der Waals surface area contributed by atoms with Crippen LogP contribution in [-0.2, 0) is 20.6 Å². The first-order valence-electron chi connectivity index (χ1n) is 6.08. The highest BCUT2D eigenvalue weighted by atomic mass is 35.5. The smallest absolute Gasteiger partial charge is 0.246 e. The molecule has 1 heterocycles. The lowest BCUT2D eigenvalue weighted by Crippen LogP contribution is -2.34. The predicted molar refractivity (Wildman–Crippen MR) is 75.2 cm³/mol. The topological polar surface area (TPSA) is 46.6 Å². The first-order valence-corrected chi connectivity index (χ1v) is 8.44. The zero-order valence-corrected chi connectivity index (χ0v) is 12.9. The number of halogens is 3. The maximum Gasteiger partial charge on any atom is 0.246 e. The highest BCUT2D eigenvalue weighted by molar-refractivity contribution is 7.89. The number of ether oxygens (including phenoxy) is 1. The molecule has 0 N–H and O–H groups in total. The van der Waals surface area contributed by atoms with Crippen LogP contribution in [0.5, 0.6) is 0 Å². The van der Waals surface area contributed by atoms with Crippen molar-refractivity contribution in [3.63, 3.8) is 0 Å². The van der Waals surface area contributed by atoms with Crippen LogP contribution >= 0.6 is 23.2 Å². The third-order valence-corrected chi connectivity index (χ3v) is 5.43. The lowest BCUT2D eigenvalue weighted by atomic mass is 10.2. The van der Waals surface area contributed by atoms with Crippen LogP contribution in [0.15, 0.2) is 17.0 Å². The van der Waals surface area contributed by atoms with Crippen LogP contribution in [0.1, 0.15) is 12.0 Å². The predicted octanol–water partition coefficient (Wildman–Crippen LogP) is 2.63. The maximum absolute atomic E-state index is 14.2. The van der Waals surface area contributed by atoms with Crippen molar-refractivity contribution in [3.8, 4) is 0 Å². The van der Waals surface area contributed by atoms with Crippen molar-refractivity contribution >= 4 is 33.2 Å². The van der Waals surface area contributed by atoms with E-state index >= 15 is 0 Å².